The summed E-state index contributed by atoms with van der Waals surface area (Å²) in [6.45, 7) is 11.2. The van der Waals surface area contributed by atoms with E-state index < -0.39 is 78.6 Å². The Morgan fingerprint density at radius 1 is 0.853 bits per heavy atom. The lowest BCUT2D eigenvalue weighted by Crippen LogP contribution is -2.63. The molecule has 0 bridgehead atoms. The van der Waals surface area contributed by atoms with Crippen molar-refractivity contribution in [2.24, 2.45) is 23.7 Å². The number of nitrogens with zero attached hydrogens (tertiary/aromatic N) is 5. The molecule has 0 spiro atoms. The first-order chi connectivity index (χ1) is 32.6. The van der Waals surface area contributed by atoms with Crippen LogP contribution < -0.4 is 0 Å². The average Bonchev–Trinajstić information content (AvgIpc) is 3.82. The van der Waals surface area contributed by atoms with E-state index in [4.69, 9.17) is 14.2 Å². The van der Waals surface area contributed by atoms with Crippen LogP contribution in [0.3, 0.4) is 0 Å². The summed E-state index contributed by atoms with van der Waals surface area (Å²) in [5, 5.41) is 54.1. The summed E-state index contributed by atoms with van der Waals surface area (Å²) in [5.41, 5.74) is 5.85. The third kappa shape index (κ3) is 14.1. The lowest BCUT2D eigenvalue weighted by Gasteiger charge is -2.46. The zero-order chi connectivity index (χ0) is 48.9. The molecule has 0 aliphatic carbocycles. The predicted molar refractivity (Wildman–Crippen MR) is 262 cm³/mol. The van der Waals surface area contributed by atoms with E-state index in [2.05, 4.69) is 63.7 Å². The van der Waals surface area contributed by atoms with Crippen LogP contribution in [0.2, 0.25) is 0 Å². The lowest BCUT2D eigenvalue weighted by atomic mass is 9.79. The number of cyclic esters (lactones) is 1. The van der Waals surface area contributed by atoms with Gasteiger partial charge in [0.05, 0.1) is 56.2 Å². The molecule has 2 aliphatic rings. The number of hydrogen-bond donors (Lipinski definition) is 4. The van der Waals surface area contributed by atoms with Crippen molar-refractivity contribution in [2.45, 2.75) is 122 Å². The van der Waals surface area contributed by atoms with Crippen LogP contribution in [0.1, 0.15) is 65.9 Å². The van der Waals surface area contributed by atoms with Crippen molar-refractivity contribution >= 4 is 11.8 Å². The van der Waals surface area contributed by atoms with Crippen molar-refractivity contribution in [2.75, 3.05) is 33.8 Å². The molecule has 3 heterocycles. The van der Waals surface area contributed by atoms with E-state index >= 15 is 0 Å². The van der Waals surface area contributed by atoms with Crippen LogP contribution in [0.15, 0.2) is 115 Å². The third-order valence-electron chi connectivity index (χ3n) is 13.7. The predicted octanol–water partition coefficient (Wildman–Crippen LogP) is 6.33. The summed E-state index contributed by atoms with van der Waals surface area (Å²) in [4.78, 5) is 31.6. The standard InChI is InChI=1S/C54H73N5O9/c1-8-48-44(34-60)29-35(2)19-24-46(61)36(3)30-43(53(37(4)47(62)31-49(63)67-48)68-54-52(65)50(57(6)7)51(64)38(5)66-54)25-26-58(32-39-15-11-9-12-16-39)27-28-59-33-45(55-56-59)42-22-20-41(21-23-42)40-17-13-10-14-18-40/h9-24,29,33,36-38,43-44,47-48,50-54,60,62,64-65H,8,25-28,30-32,34H2,1-7H3/b24-19+,35-29+/t36-,37+,38-,43+,44-,47-,48-,50?,51?,52?,53-,54+/m1/s1. The largest absolute Gasteiger partial charge is 0.462 e. The number of ether oxygens (including phenoxy) is 3. The number of aliphatic hydroxyl groups is 4. The van der Waals surface area contributed by atoms with E-state index in [1.165, 1.54) is 0 Å². The van der Waals surface area contributed by atoms with Gasteiger partial charge in [0.15, 0.2) is 12.1 Å². The summed E-state index contributed by atoms with van der Waals surface area (Å²) < 4.78 is 20.8. The van der Waals surface area contributed by atoms with Gasteiger partial charge in [0, 0.05) is 36.4 Å². The minimum atomic E-state index is -1.27. The van der Waals surface area contributed by atoms with Crippen LogP contribution in [-0.4, -0.2) is 140 Å². The smallest absolute Gasteiger partial charge is 0.308 e. The Bertz CT molecular complexity index is 2240. The maximum absolute atomic E-state index is 14.0. The van der Waals surface area contributed by atoms with Crippen LogP contribution in [0.5, 0.6) is 0 Å². The summed E-state index contributed by atoms with van der Waals surface area (Å²) in [6.07, 6.45) is 1.06. The van der Waals surface area contributed by atoms with Gasteiger partial charge in [-0.2, -0.15) is 0 Å². The molecule has 6 rings (SSSR count). The Hall–Kier alpha value is -4.90. The number of rotatable bonds is 15. The number of aromatic nitrogens is 3. The molecule has 0 saturated carbocycles. The Labute approximate surface area is 402 Å². The van der Waals surface area contributed by atoms with E-state index in [0.29, 0.717) is 45.4 Å². The maximum Gasteiger partial charge on any atom is 0.308 e. The van der Waals surface area contributed by atoms with Gasteiger partial charge in [0.1, 0.15) is 17.9 Å². The fraction of sp³-hybridized carbons (Fsp3) is 0.519. The molecule has 1 fully saturated rings. The first-order valence-corrected chi connectivity index (χ1v) is 24.2. The van der Waals surface area contributed by atoms with Gasteiger partial charge in [0.25, 0.3) is 0 Å². The van der Waals surface area contributed by atoms with Crippen molar-refractivity contribution in [3.05, 3.63) is 120 Å². The number of ketones is 1. The molecular formula is C54H73N5O9. The maximum atomic E-state index is 14.0. The normalized spacial score (nSPS) is 30.2. The number of likely N-dealkylation sites (N-methyl/N-ethyl adjacent to an activating group) is 1. The van der Waals surface area contributed by atoms with Crippen LogP contribution in [0.4, 0.5) is 0 Å². The van der Waals surface area contributed by atoms with Crippen molar-refractivity contribution in [1.29, 1.82) is 0 Å². The zero-order valence-corrected chi connectivity index (χ0v) is 40.8. The van der Waals surface area contributed by atoms with Crippen molar-refractivity contribution in [1.82, 2.24) is 24.8 Å². The molecule has 68 heavy (non-hydrogen) atoms. The van der Waals surface area contributed by atoms with E-state index in [1.54, 1.807) is 45.0 Å². The minimum Gasteiger partial charge on any atom is -0.462 e. The molecule has 4 aromatic rings. The average molecular weight is 936 g/mol. The number of hydrogen-bond acceptors (Lipinski definition) is 13. The Balaban J connectivity index is 1.30. The number of aliphatic hydroxyl groups excluding tert-OH is 4. The van der Waals surface area contributed by atoms with Crippen LogP contribution >= 0.6 is 0 Å². The first kappa shape index (κ1) is 52.5. The highest BCUT2D eigenvalue weighted by Crippen LogP contribution is 2.35. The summed E-state index contributed by atoms with van der Waals surface area (Å²) in [7, 11) is 3.54. The fourth-order valence-corrected chi connectivity index (χ4v) is 9.56. The van der Waals surface area contributed by atoms with Crippen LogP contribution in [0, 0.1) is 23.7 Å². The van der Waals surface area contributed by atoms with Gasteiger partial charge in [-0.15, -0.1) is 5.10 Å². The van der Waals surface area contributed by atoms with E-state index in [-0.39, 0.29) is 18.8 Å². The van der Waals surface area contributed by atoms with Crippen molar-refractivity contribution in [3.8, 4) is 22.4 Å². The fourth-order valence-electron chi connectivity index (χ4n) is 9.56. The highest BCUT2D eigenvalue weighted by molar-refractivity contribution is 5.91. The SMILES string of the molecule is CC[C@H]1OC(=O)C[C@@H](O)[C@H](C)[C@@H](O[C@@H]2O[C@H](C)C(O)C(N(C)C)C2O)[C@@H](CCN(CCn2cc(-c3ccc(-c4ccccc4)cc3)nn2)Cc2ccccc2)C[C@@H](C)C(=O)/C=C/C(C)=C/[C@@H]1CO. The van der Waals surface area contributed by atoms with Gasteiger partial charge in [-0.1, -0.05) is 129 Å². The molecule has 4 N–H and O–H groups in total. The van der Waals surface area contributed by atoms with Crippen molar-refractivity contribution < 1.29 is 44.2 Å². The van der Waals surface area contributed by atoms with Gasteiger partial charge >= 0.3 is 5.97 Å². The summed E-state index contributed by atoms with van der Waals surface area (Å²) in [5.74, 6) is -2.84. The zero-order valence-electron chi connectivity index (χ0n) is 40.8. The van der Waals surface area contributed by atoms with Gasteiger partial charge in [-0.3, -0.25) is 19.2 Å². The molecule has 2 aliphatic heterocycles. The van der Waals surface area contributed by atoms with Gasteiger partial charge < -0.3 is 39.5 Å². The number of allylic oxidation sites excluding steroid dienone is 3. The first-order valence-electron chi connectivity index (χ1n) is 24.2. The number of carbonyl (C=O) groups is 2. The third-order valence-corrected chi connectivity index (χ3v) is 13.7. The monoisotopic (exact) mass is 936 g/mol. The van der Waals surface area contributed by atoms with Gasteiger partial charge in [-0.25, -0.2) is 0 Å². The molecular weight excluding hydrogens is 863 g/mol. The van der Waals surface area contributed by atoms with Gasteiger partial charge in [0.2, 0.25) is 0 Å². The molecule has 0 amide bonds. The second-order valence-electron chi connectivity index (χ2n) is 19.1. The Morgan fingerprint density at radius 2 is 1.51 bits per heavy atom. The molecule has 1 saturated heterocycles. The summed E-state index contributed by atoms with van der Waals surface area (Å²) >= 11 is 0. The number of carbonyl (C=O) groups excluding carboxylic acids is 2. The second-order valence-corrected chi connectivity index (χ2v) is 19.1. The number of esters is 1. The molecule has 14 nitrogen and oxygen atoms in total. The second kappa shape index (κ2) is 25.1. The molecule has 14 heteroatoms. The topological polar surface area (TPSA) is 180 Å². The highest BCUT2D eigenvalue weighted by atomic mass is 16.7. The molecule has 1 aromatic heterocycles. The van der Waals surface area contributed by atoms with E-state index in [1.807, 2.05) is 74.1 Å². The molecule has 12 atom stereocenters. The highest BCUT2D eigenvalue weighted by Gasteiger charge is 2.47. The van der Waals surface area contributed by atoms with Crippen LogP contribution in [0.25, 0.3) is 22.4 Å². The molecule has 3 unspecified atom stereocenters. The van der Waals surface area contributed by atoms with E-state index in [0.717, 1.165) is 33.5 Å². The van der Waals surface area contributed by atoms with Gasteiger partial charge in [-0.05, 0) is 82.4 Å². The summed E-state index contributed by atoms with van der Waals surface area (Å²) in [6, 6.07) is 28.0. The quantitative estimate of drug-likeness (QED) is 0.0973. The molecule has 0 radical (unpaired) electrons. The van der Waals surface area contributed by atoms with Crippen LogP contribution in [-0.2, 0) is 36.9 Å². The Morgan fingerprint density at radius 3 is 2.18 bits per heavy atom. The van der Waals surface area contributed by atoms with Crippen molar-refractivity contribution in [3.63, 3.8) is 0 Å². The lowest BCUT2D eigenvalue weighted by molar-refractivity contribution is -0.304. The Kier molecular flexibility index (Phi) is 19.4. The number of benzene rings is 3. The molecule has 3 aromatic carbocycles. The minimum absolute atomic E-state index is 0.1000. The van der Waals surface area contributed by atoms with E-state index in [9.17, 15) is 30.0 Å². The molecule has 368 valence electrons.